The van der Waals surface area contributed by atoms with Crippen molar-refractivity contribution in [2.75, 3.05) is 39.5 Å². The summed E-state index contributed by atoms with van der Waals surface area (Å²) in [6, 6.07) is 7.67. The van der Waals surface area contributed by atoms with E-state index in [4.69, 9.17) is 4.74 Å². The number of nitrogens with zero attached hydrogens (tertiary/aromatic N) is 5. The number of amides is 2. The summed E-state index contributed by atoms with van der Waals surface area (Å²) in [4.78, 5) is 29.1. The first-order chi connectivity index (χ1) is 15.4. The molecule has 0 atom stereocenters. The van der Waals surface area contributed by atoms with E-state index in [0.717, 1.165) is 49.5 Å². The monoisotopic (exact) mass is 459 g/mol. The summed E-state index contributed by atoms with van der Waals surface area (Å²) in [5.74, 6) is 2.14. The fourth-order valence-corrected chi connectivity index (χ4v) is 4.78. The lowest BCUT2D eigenvalue weighted by molar-refractivity contribution is -0.138. The molecule has 32 heavy (non-hydrogen) atoms. The number of rotatable bonds is 9. The van der Waals surface area contributed by atoms with E-state index in [0.29, 0.717) is 24.0 Å². The summed E-state index contributed by atoms with van der Waals surface area (Å²) in [5, 5.41) is 9.13. The smallest absolute Gasteiger partial charge is 0.233 e. The van der Waals surface area contributed by atoms with E-state index in [-0.39, 0.29) is 17.7 Å². The molecule has 0 saturated carbocycles. The average Bonchev–Trinajstić information content (AvgIpc) is 3.20. The Labute approximate surface area is 194 Å². The fraction of sp³-hybridized carbons (Fsp3) is 0.565. The molecular weight excluding hydrogens is 426 g/mol. The van der Waals surface area contributed by atoms with Crippen molar-refractivity contribution in [3.8, 4) is 11.4 Å². The molecule has 1 fully saturated rings. The maximum absolute atomic E-state index is 12.8. The molecule has 0 spiro atoms. The summed E-state index contributed by atoms with van der Waals surface area (Å²) in [7, 11) is 3.52. The maximum Gasteiger partial charge on any atom is 0.233 e. The van der Waals surface area contributed by atoms with Gasteiger partial charge in [0.2, 0.25) is 11.8 Å². The van der Waals surface area contributed by atoms with E-state index in [1.807, 2.05) is 52.6 Å². The summed E-state index contributed by atoms with van der Waals surface area (Å²) in [5.41, 5.74) is 0.926. The topological polar surface area (TPSA) is 80.6 Å². The Bertz CT molecular complexity index is 907. The summed E-state index contributed by atoms with van der Waals surface area (Å²) in [6.45, 7) is 6.08. The zero-order chi connectivity index (χ0) is 23.1. The highest BCUT2D eigenvalue weighted by molar-refractivity contribution is 7.99. The fourth-order valence-electron chi connectivity index (χ4n) is 3.88. The summed E-state index contributed by atoms with van der Waals surface area (Å²) in [6.07, 6.45) is 3.56. The van der Waals surface area contributed by atoms with E-state index in [9.17, 15) is 9.59 Å². The summed E-state index contributed by atoms with van der Waals surface area (Å²) < 4.78 is 7.16. The third-order valence-electron chi connectivity index (χ3n) is 5.87. The molecule has 2 amide bonds. The highest BCUT2D eigenvalue weighted by atomic mass is 32.2. The van der Waals surface area contributed by atoms with Crippen molar-refractivity contribution in [3.05, 3.63) is 30.1 Å². The van der Waals surface area contributed by atoms with Crippen LogP contribution in [0.2, 0.25) is 0 Å². The largest absolute Gasteiger partial charge is 0.497 e. The number of unbranched alkanes of at least 4 members (excludes halogenated alkanes) is 1. The molecule has 0 bridgehead atoms. The number of piperidine rings is 1. The van der Waals surface area contributed by atoms with Crippen LogP contribution in [0.4, 0.5) is 0 Å². The van der Waals surface area contributed by atoms with E-state index < -0.39 is 0 Å². The van der Waals surface area contributed by atoms with Crippen molar-refractivity contribution in [1.82, 2.24) is 24.6 Å². The normalized spacial score (nSPS) is 14.4. The number of ether oxygens (including phenoxy) is 1. The van der Waals surface area contributed by atoms with Gasteiger partial charge < -0.3 is 14.5 Å². The number of carbonyl (C=O) groups excluding carboxylic acids is 2. The number of hydrogen-bond acceptors (Lipinski definition) is 6. The van der Waals surface area contributed by atoms with Gasteiger partial charge in [0, 0.05) is 38.3 Å². The second-order valence-corrected chi connectivity index (χ2v) is 9.06. The van der Waals surface area contributed by atoms with Gasteiger partial charge in [-0.1, -0.05) is 25.1 Å². The number of hydrogen-bond donors (Lipinski definition) is 0. The van der Waals surface area contributed by atoms with Gasteiger partial charge in [0.1, 0.15) is 11.6 Å². The third-order valence-corrected chi connectivity index (χ3v) is 6.78. The van der Waals surface area contributed by atoms with Crippen molar-refractivity contribution >= 4 is 23.6 Å². The third kappa shape index (κ3) is 5.82. The van der Waals surface area contributed by atoms with Gasteiger partial charge in [-0.05, 0) is 50.5 Å². The van der Waals surface area contributed by atoms with Crippen LogP contribution >= 0.6 is 11.8 Å². The van der Waals surface area contributed by atoms with Gasteiger partial charge in [0.15, 0.2) is 5.16 Å². The van der Waals surface area contributed by atoms with Crippen LogP contribution in [-0.2, 0) is 9.59 Å². The van der Waals surface area contributed by atoms with Crippen LogP contribution in [0.1, 0.15) is 38.4 Å². The minimum absolute atomic E-state index is 0.0226. The molecule has 1 aromatic carbocycles. The van der Waals surface area contributed by atoms with Crippen LogP contribution in [0.3, 0.4) is 0 Å². The number of methoxy groups -OCH3 is 1. The quantitative estimate of drug-likeness (QED) is 0.536. The van der Waals surface area contributed by atoms with Gasteiger partial charge in [-0.2, -0.15) is 0 Å². The molecule has 2 heterocycles. The van der Waals surface area contributed by atoms with Crippen LogP contribution in [0.15, 0.2) is 29.4 Å². The van der Waals surface area contributed by atoms with Gasteiger partial charge in [0.05, 0.1) is 12.9 Å². The number of carbonyl (C=O) groups is 2. The van der Waals surface area contributed by atoms with Crippen LogP contribution in [0, 0.1) is 12.8 Å². The number of likely N-dealkylation sites (tertiary alicyclic amines) is 1. The first kappa shape index (κ1) is 24.1. The van der Waals surface area contributed by atoms with Crippen LogP contribution in [-0.4, -0.2) is 75.9 Å². The lowest BCUT2D eigenvalue weighted by Crippen LogP contribution is -2.44. The van der Waals surface area contributed by atoms with E-state index in [1.165, 1.54) is 11.8 Å². The van der Waals surface area contributed by atoms with Gasteiger partial charge >= 0.3 is 0 Å². The van der Waals surface area contributed by atoms with Crippen molar-refractivity contribution in [2.24, 2.45) is 5.92 Å². The highest BCUT2D eigenvalue weighted by Gasteiger charge is 2.29. The van der Waals surface area contributed by atoms with Gasteiger partial charge in [-0.15, -0.1) is 10.2 Å². The van der Waals surface area contributed by atoms with Crippen LogP contribution in [0.5, 0.6) is 5.75 Å². The molecular formula is C23H33N5O3S. The maximum atomic E-state index is 12.8. The molecule has 2 aromatic rings. The predicted molar refractivity (Wildman–Crippen MR) is 125 cm³/mol. The standard InChI is InChI=1S/C23H33N5O3S/c1-5-6-13-26(3)22(30)18-11-14-27(15-12-18)21(29)16-32-23-25-24-17(2)28(23)19-7-9-20(31-4)10-8-19/h7-10,18H,5-6,11-16H2,1-4H3. The van der Waals surface area contributed by atoms with Crippen LogP contribution in [0.25, 0.3) is 5.69 Å². The van der Waals surface area contributed by atoms with Crippen molar-refractivity contribution in [3.63, 3.8) is 0 Å². The van der Waals surface area contributed by atoms with E-state index in [2.05, 4.69) is 17.1 Å². The van der Waals surface area contributed by atoms with Crippen LogP contribution < -0.4 is 4.74 Å². The minimum atomic E-state index is 0.0226. The zero-order valence-corrected chi connectivity index (χ0v) is 20.2. The van der Waals surface area contributed by atoms with Gasteiger partial charge in [-0.25, -0.2) is 0 Å². The molecule has 174 valence electrons. The van der Waals surface area contributed by atoms with E-state index >= 15 is 0 Å². The second kappa shape index (κ2) is 11.4. The summed E-state index contributed by atoms with van der Waals surface area (Å²) >= 11 is 1.39. The Morgan fingerprint density at radius 2 is 1.88 bits per heavy atom. The molecule has 3 rings (SSSR count). The molecule has 9 heteroatoms. The van der Waals surface area contributed by atoms with E-state index in [1.54, 1.807) is 7.11 Å². The second-order valence-electron chi connectivity index (χ2n) is 8.12. The van der Waals surface area contributed by atoms with Crippen molar-refractivity contribution in [2.45, 2.75) is 44.7 Å². The highest BCUT2D eigenvalue weighted by Crippen LogP contribution is 2.25. The first-order valence-electron chi connectivity index (χ1n) is 11.2. The SMILES string of the molecule is CCCCN(C)C(=O)C1CCN(C(=O)CSc2nnc(C)n2-c2ccc(OC)cc2)CC1. The Morgan fingerprint density at radius 3 is 2.50 bits per heavy atom. The number of aromatic nitrogens is 3. The Morgan fingerprint density at radius 1 is 1.19 bits per heavy atom. The number of thioether (sulfide) groups is 1. The van der Waals surface area contributed by atoms with Crippen molar-refractivity contribution < 1.29 is 14.3 Å². The minimum Gasteiger partial charge on any atom is -0.497 e. The molecule has 1 aromatic heterocycles. The molecule has 1 aliphatic rings. The molecule has 0 radical (unpaired) electrons. The molecule has 8 nitrogen and oxygen atoms in total. The molecule has 0 aliphatic carbocycles. The first-order valence-corrected chi connectivity index (χ1v) is 12.1. The Hall–Kier alpha value is -2.55. The Balaban J connectivity index is 1.53. The molecule has 1 saturated heterocycles. The zero-order valence-electron chi connectivity index (χ0n) is 19.4. The lowest BCUT2D eigenvalue weighted by atomic mass is 9.95. The molecule has 0 unspecified atom stereocenters. The average molecular weight is 460 g/mol. The van der Waals surface area contributed by atoms with Gasteiger partial charge in [0.25, 0.3) is 0 Å². The molecule has 1 aliphatic heterocycles. The van der Waals surface area contributed by atoms with Crippen molar-refractivity contribution in [1.29, 1.82) is 0 Å². The van der Waals surface area contributed by atoms with Gasteiger partial charge in [-0.3, -0.25) is 14.2 Å². The number of aryl methyl sites for hydroxylation is 1. The predicted octanol–water partition coefficient (Wildman–Crippen LogP) is 3.17. The number of benzene rings is 1. The molecule has 0 N–H and O–H groups in total. The Kier molecular flexibility index (Phi) is 8.55. The lowest BCUT2D eigenvalue weighted by Gasteiger charge is -2.33.